The van der Waals surface area contributed by atoms with Crippen molar-refractivity contribution in [1.29, 1.82) is 0 Å². The van der Waals surface area contributed by atoms with E-state index in [-0.39, 0.29) is 5.82 Å². The first-order valence-corrected chi connectivity index (χ1v) is 9.68. The van der Waals surface area contributed by atoms with E-state index in [0.29, 0.717) is 15.8 Å². The van der Waals surface area contributed by atoms with Crippen molar-refractivity contribution in [3.8, 4) is 0 Å². The number of aromatic nitrogens is 2. The van der Waals surface area contributed by atoms with Crippen molar-refractivity contribution >= 4 is 40.1 Å². The molecule has 8 heteroatoms. The van der Waals surface area contributed by atoms with Crippen molar-refractivity contribution in [1.82, 2.24) is 14.7 Å². The van der Waals surface area contributed by atoms with Gasteiger partial charge in [-0.15, -0.1) is 5.10 Å². The summed E-state index contributed by atoms with van der Waals surface area (Å²) in [6.07, 6.45) is 0. The second kappa shape index (κ2) is 8.60. The fourth-order valence-corrected chi connectivity index (χ4v) is 3.61. The van der Waals surface area contributed by atoms with Gasteiger partial charge in [0.1, 0.15) is 5.82 Å². The van der Waals surface area contributed by atoms with Gasteiger partial charge in [-0.1, -0.05) is 23.5 Å². The average molecular weight is 404 g/mol. The number of rotatable bonds is 7. The molecule has 2 aromatic carbocycles. The first-order chi connectivity index (χ1) is 12.9. The molecule has 0 amide bonds. The normalized spacial score (nSPS) is 11.0. The minimum atomic E-state index is -0.265. The summed E-state index contributed by atoms with van der Waals surface area (Å²) in [5.41, 5.74) is 3.19. The number of hydrogen-bond acceptors (Lipinski definition) is 6. The molecule has 3 aromatic rings. The van der Waals surface area contributed by atoms with Gasteiger partial charge in [0.25, 0.3) is 0 Å². The highest BCUT2D eigenvalue weighted by Gasteiger charge is 2.08. The van der Waals surface area contributed by atoms with Crippen molar-refractivity contribution in [3.05, 3.63) is 63.9 Å². The molecule has 0 fully saturated rings. The van der Waals surface area contributed by atoms with Crippen molar-refractivity contribution < 1.29 is 4.39 Å². The molecule has 0 bridgehead atoms. The largest absolute Gasteiger partial charge is 0.378 e. The lowest BCUT2D eigenvalue weighted by molar-refractivity contribution is 0.245. The van der Waals surface area contributed by atoms with Crippen LogP contribution >= 0.6 is 23.6 Å². The molecule has 3 rings (SSSR count). The summed E-state index contributed by atoms with van der Waals surface area (Å²) in [6, 6.07) is 14.7. The molecule has 1 aromatic heterocycles. The zero-order chi connectivity index (χ0) is 19.4. The van der Waals surface area contributed by atoms with Gasteiger partial charge in [0.05, 0.1) is 6.67 Å². The Bertz CT molecular complexity index is 932. The number of anilines is 3. The van der Waals surface area contributed by atoms with E-state index in [9.17, 15) is 4.39 Å². The Balaban J connectivity index is 1.62. The molecule has 0 saturated carbocycles. The number of nitrogens with one attached hydrogen (secondary N) is 1. The lowest BCUT2D eigenvalue weighted by atomic mass is 10.2. The third kappa shape index (κ3) is 5.35. The Hall–Kier alpha value is -2.29. The van der Waals surface area contributed by atoms with Crippen LogP contribution in [-0.4, -0.2) is 35.8 Å². The van der Waals surface area contributed by atoms with Crippen LogP contribution in [0.25, 0.3) is 0 Å². The highest BCUT2D eigenvalue weighted by atomic mass is 32.1. The molecule has 142 valence electrons. The standard InChI is InChI=1S/C19H22FN5S2/c1-23(2)17-10-4-14(5-11-17)12-24(3)13-25-19(26)27-18(22-25)21-16-8-6-15(20)7-9-16/h4-11H,12-13H2,1-3H3,(H,21,22). The van der Waals surface area contributed by atoms with E-state index in [1.807, 2.05) is 21.1 Å². The number of benzene rings is 2. The predicted molar refractivity (Wildman–Crippen MR) is 113 cm³/mol. The first kappa shape index (κ1) is 19.5. The van der Waals surface area contributed by atoms with Crippen molar-refractivity contribution in [3.63, 3.8) is 0 Å². The molecule has 0 aliphatic rings. The molecule has 0 spiro atoms. The molecule has 27 heavy (non-hydrogen) atoms. The van der Waals surface area contributed by atoms with Crippen LogP contribution in [-0.2, 0) is 13.2 Å². The SMILES string of the molecule is CN(Cc1ccc(N(C)C)cc1)Cn1nc(Nc2ccc(F)cc2)sc1=S. The minimum absolute atomic E-state index is 0.265. The van der Waals surface area contributed by atoms with Crippen LogP contribution in [0, 0.1) is 9.77 Å². The van der Waals surface area contributed by atoms with Gasteiger partial charge >= 0.3 is 0 Å². The third-order valence-electron chi connectivity index (χ3n) is 3.98. The van der Waals surface area contributed by atoms with Gasteiger partial charge < -0.3 is 10.2 Å². The van der Waals surface area contributed by atoms with Gasteiger partial charge in [-0.2, -0.15) is 0 Å². The maximum absolute atomic E-state index is 13.0. The fourth-order valence-electron chi connectivity index (χ4n) is 2.59. The molecule has 0 aliphatic carbocycles. The summed E-state index contributed by atoms with van der Waals surface area (Å²) in [5.74, 6) is -0.265. The van der Waals surface area contributed by atoms with Gasteiger partial charge in [0, 0.05) is 32.0 Å². The van der Waals surface area contributed by atoms with Crippen molar-refractivity contribution in [2.45, 2.75) is 13.2 Å². The van der Waals surface area contributed by atoms with Crippen molar-refractivity contribution in [2.24, 2.45) is 0 Å². The quantitative estimate of drug-likeness (QED) is 0.578. The van der Waals surface area contributed by atoms with Crippen molar-refractivity contribution in [2.75, 3.05) is 31.4 Å². The number of nitrogens with zero attached hydrogens (tertiary/aromatic N) is 4. The van der Waals surface area contributed by atoms with E-state index >= 15 is 0 Å². The van der Waals surface area contributed by atoms with Crippen LogP contribution < -0.4 is 10.2 Å². The van der Waals surface area contributed by atoms with Gasteiger partial charge in [-0.05, 0) is 61.2 Å². The van der Waals surface area contributed by atoms with Crippen LogP contribution in [0.4, 0.5) is 20.9 Å². The third-order valence-corrected chi connectivity index (χ3v) is 5.21. The molecular formula is C19H22FN5S2. The molecule has 5 nitrogen and oxygen atoms in total. The zero-order valence-electron chi connectivity index (χ0n) is 15.5. The lowest BCUT2D eigenvalue weighted by Gasteiger charge is -2.18. The summed E-state index contributed by atoms with van der Waals surface area (Å²) in [4.78, 5) is 4.24. The first-order valence-electron chi connectivity index (χ1n) is 8.46. The Morgan fingerprint density at radius 3 is 2.37 bits per heavy atom. The van der Waals surface area contributed by atoms with Crippen LogP contribution in [0.5, 0.6) is 0 Å². The highest BCUT2D eigenvalue weighted by molar-refractivity contribution is 7.73. The molecule has 0 aliphatic heterocycles. The van der Waals surface area contributed by atoms with Gasteiger partial charge in [0.15, 0.2) is 3.95 Å². The minimum Gasteiger partial charge on any atom is -0.378 e. The Labute approximate surface area is 167 Å². The Morgan fingerprint density at radius 2 is 1.74 bits per heavy atom. The Kier molecular flexibility index (Phi) is 6.20. The molecule has 0 atom stereocenters. The highest BCUT2D eigenvalue weighted by Crippen LogP contribution is 2.21. The van der Waals surface area contributed by atoms with Gasteiger partial charge in [-0.25, -0.2) is 9.07 Å². The zero-order valence-corrected chi connectivity index (χ0v) is 17.1. The summed E-state index contributed by atoms with van der Waals surface area (Å²) in [6.45, 7) is 1.39. The van der Waals surface area contributed by atoms with Crippen LogP contribution in [0.15, 0.2) is 48.5 Å². The van der Waals surface area contributed by atoms with E-state index < -0.39 is 0 Å². The Morgan fingerprint density at radius 1 is 1.07 bits per heavy atom. The molecule has 0 radical (unpaired) electrons. The van der Waals surface area contributed by atoms with E-state index in [1.54, 1.807) is 16.8 Å². The average Bonchev–Trinajstić information content (AvgIpc) is 2.96. The maximum atomic E-state index is 13.0. The molecule has 1 N–H and O–H groups in total. The predicted octanol–water partition coefficient (Wildman–Crippen LogP) is 4.71. The smallest absolute Gasteiger partial charge is 0.209 e. The molecule has 0 unspecified atom stereocenters. The second-order valence-electron chi connectivity index (χ2n) is 6.52. The van der Waals surface area contributed by atoms with Gasteiger partial charge in [0.2, 0.25) is 5.13 Å². The number of halogens is 1. The van der Waals surface area contributed by atoms with Crippen LogP contribution in [0.1, 0.15) is 5.56 Å². The van der Waals surface area contributed by atoms with Crippen LogP contribution in [0.2, 0.25) is 0 Å². The summed E-state index contributed by atoms with van der Waals surface area (Å²) in [5, 5.41) is 8.38. The van der Waals surface area contributed by atoms with Gasteiger partial charge in [-0.3, -0.25) is 4.90 Å². The summed E-state index contributed by atoms with van der Waals surface area (Å²) < 4.78 is 15.5. The van der Waals surface area contributed by atoms with E-state index in [2.05, 4.69) is 44.5 Å². The molecule has 0 saturated heterocycles. The maximum Gasteiger partial charge on any atom is 0.209 e. The topological polar surface area (TPSA) is 36.3 Å². The lowest BCUT2D eigenvalue weighted by Crippen LogP contribution is -2.22. The molecule has 1 heterocycles. The summed E-state index contributed by atoms with van der Waals surface area (Å²) >= 11 is 6.82. The van der Waals surface area contributed by atoms with E-state index in [0.717, 1.165) is 12.2 Å². The second-order valence-corrected chi connectivity index (χ2v) is 8.14. The number of hydrogen-bond donors (Lipinski definition) is 1. The van der Waals surface area contributed by atoms with E-state index in [4.69, 9.17) is 12.2 Å². The molecular weight excluding hydrogens is 381 g/mol. The van der Waals surface area contributed by atoms with E-state index in [1.165, 1.54) is 34.7 Å². The fraction of sp³-hybridized carbons (Fsp3) is 0.263. The van der Waals surface area contributed by atoms with Crippen LogP contribution in [0.3, 0.4) is 0 Å². The summed E-state index contributed by atoms with van der Waals surface area (Å²) in [7, 11) is 6.10. The monoisotopic (exact) mass is 403 g/mol.